The van der Waals surface area contributed by atoms with Gasteiger partial charge in [-0.2, -0.15) is 0 Å². The van der Waals surface area contributed by atoms with Gasteiger partial charge >= 0.3 is 0 Å². The smallest absolute Gasteiger partial charge is 0.165 e. The van der Waals surface area contributed by atoms with Crippen LogP contribution in [0, 0.1) is 5.82 Å². The topological polar surface area (TPSA) is 32.3 Å². The van der Waals surface area contributed by atoms with Crippen molar-refractivity contribution in [2.24, 2.45) is 0 Å². The van der Waals surface area contributed by atoms with Crippen molar-refractivity contribution in [3.63, 3.8) is 0 Å². The van der Waals surface area contributed by atoms with Crippen molar-refractivity contribution in [1.29, 1.82) is 0 Å². The lowest BCUT2D eigenvalue weighted by atomic mass is 10.0. The molecule has 4 heteroatoms. The van der Waals surface area contributed by atoms with Crippen molar-refractivity contribution < 1.29 is 9.50 Å². The number of rotatable bonds is 1. The molecule has 1 aliphatic heterocycles. The molecule has 76 valence electrons. The van der Waals surface area contributed by atoms with Gasteiger partial charge in [-0.3, -0.25) is 0 Å². The molecular formula is C10H11BrFNO. The molecule has 0 spiro atoms. The summed E-state index contributed by atoms with van der Waals surface area (Å²) in [5.41, 5.74) is 0.641. The van der Waals surface area contributed by atoms with Gasteiger partial charge in [0.25, 0.3) is 0 Å². The number of benzene rings is 1. The number of halogens is 2. The van der Waals surface area contributed by atoms with Gasteiger partial charge in [0.15, 0.2) is 11.6 Å². The van der Waals surface area contributed by atoms with Crippen molar-refractivity contribution >= 4 is 15.9 Å². The van der Waals surface area contributed by atoms with E-state index in [0.29, 0.717) is 5.56 Å². The first kappa shape index (κ1) is 9.93. The summed E-state index contributed by atoms with van der Waals surface area (Å²) in [5.74, 6) is -0.796. The third kappa shape index (κ3) is 1.64. The summed E-state index contributed by atoms with van der Waals surface area (Å²) in [7, 11) is 0. The first-order valence-corrected chi connectivity index (χ1v) is 5.39. The number of phenols is 1. The average Bonchev–Trinajstić information content (AvgIpc) is 2.65. The van der Waals surface area contributed by atoms with E-state index in [0.717, 1.165) is 23.9 Å². The zero-order chi connectivity index (χ0) is 10.1. The molecule has 1 aliphatic rings. The van der Waals surface area contributed by atoms with Crippen LogP contribution in [0.25, 0.3) is 0 Å². The van der Waals surface area contributed by atoms with E-state index >= 15 is 0 Å². The molecule has 1 saturated heterocycles. The maximum atomic E-state index is 13.1. The van der Waals surface area contributed by atoms with Crippen LogP contribution in [0.3, 0.4) is 0 Å². The molecule has 2 nitrogen and oxygen atoms in total. The molecule has 1 fully saturated rings. The van der Waals surface area contributed by atoms with Gasteiger partial charge in [0, 0.05) is 16.1 Å². The zero-order valence-corrected chi connectivity index (χ0v) is 9.14. The number of hydrogen-bond acceptors (Lipinski definition) is 2. The van der Waals surface area contributed by atoms with Crippen molar-refractivity contribution in [3.05, 3.63) is 28.0 Å². The van der Waals surface area contributed by atoms with E-state index in [1.54, 1.807) is 6.07 Å². The minimum absolute atomic E-state index is 0.0695. The van der Waals surface area contributed by atoms with E-state index in [1.807, 2.05) is 0 Å². The minimum atomic E-state index is -0.558. The second-order valence-electron chi connectivity index (χ2n) is 3.44. The fourth-order valence-electron chi connectivity index (χ4n) is 1.82. The van der Waals surface area contributed by atoms with E-state index in [4.69, 9.17) is 0 Å². The van der Waals surface area contributed by atoms with Crippen molar-refractivity contribution in [3.8, 4) is 5.75 Å². The predicted octanol–water partition coefficient (Wildman–Crippen LogP) is 2.72. The second kappa shape index (κ2) is 3.87. The molecule has 0 amide bonds. The molecule has 1 heterocycles. The van der Waals surface area contributed by atoms with Crippen LogP contribution in [0.1, 0.15) is 24.4 Å². The Hall–Kier alpha value is -0.610. The maximum absolute atomic E-state index is 13.1. The predicted molar refractivity (Wildman–Crippen MR) is 55.7 cm³/mol. The highest BCUT2D eigenvalue weighted by Gasteiger charge is 2.23. The molecule has 1 atom stereocenters. The highest BCUT2D eigenvalue weighted by Crippen LogP contribution is 2.37. The summed E-state index contributed by atoms with van der Waals surface area (Å²) >= 11 is 3.32. The zero-order valence-electron chi connectivity index (χ0n) is 7.56. The first-order chi connectivity index (χ1) is 6.70. The Morgan fingerprint density at radius 3 is 2.93 bits per heavy atom. The third-order valence-corrected chi connectivity index (χ3v) is 3.21. The van der Waals surface area contributed by atoms with E-state index in [1.165, 1.54) is 6.07 Å². The van der Waals surface area contributed by atoms with Gasteiger partial charge in [0.05, 0.1) is 0 Å². The number of aromatic hydroxyl groups is 1. The van der Waals surface area contributed by atoms with E-state index in [-0.39, 0.29) is 11.8 Å². The van der Waals surface area contributed by atoms with Gasteiger partial charge in [-0.05, 0) is 31.5 Å². The quantitative estimate of drug-likeness (QED) is 0.813. The summed E-state index contributed by atoms with van der Waals surface area (Å²) < 4.78 is 13.9. The molecule has 1 unspecified atom stereocenters. The van der Waals surface area contributed by atoms with Gasteiger partial charge in [0.1, 0.15) is 0 Å². The van der Waals surface area contributed by atoms with Crippen LogP contribution in [0.4, 0.5) is 4.39 Å². The number of phenolic OH excluding ortho intramolecular Hbond substituents is 1. The molecule has 2 N–H and O–H groups in total. The second-order valence-corrected chi connectivity index (χ2v) is 4.29. The average molecular weight is 260 g/mol. The largest absolute Gasteiger partial charge is 0.505 e. The van der Waals surface area contributed by atoms with Gasteiger partial charge < -0.3 is 10.4 Å². The van der Waals surface area contributed by atoms with Crippen LogP contribution >= 0.6 is 15.9 Å². The Kier molecular flexibility index (Phi) is 2.74. The fraction of sp³-hybridized carbons (Fsp3) is 0.400. The Balaban J connectivity index is 2.44. The minimum Gasteiger partial charge on any atom is -0.505 e. The Morgan fingerprint density at radius 2 is 2.29 bits per heavy atom. The number of hydrogen-bond donors (Lipinski definition) is 2. The first-order valence-electron chi connectivity index (χ1n) is 4.60. The van der Waals surface area contributed by atoms with Crippen molar-refractivity contribution in [1.82, 2.24) is 5.32 Å². The third-order valence-electron chi connectivity index (χ3n) is 2.52. The Morgan fingerprint density at radius 1 is 1.50 bits per heavy atom. The van der Waals surface area contributed by atoms with Crippen LogP contribution < -0.4 is 5.32 Å². The van der Waals surface area contributed by atoms with E-state index in [9.17, 15) is 9.50 Å². The standard InChI is InChI=1S/C10H11BrFNO/c11-6-3-4-7(12)10(14)9(6)8-2-1-5-13-8/h3-4,8,13-14H,1-2,5H2. The molecule has 14 heavy (non-hydrogen) atoms. The lowest BCUT2D eigenvalue weighted by Crippen LogP contribution is -2.13. The fourth-order valence-corrected chi connectivity index (χ4v) is 2.42. The summed E-state index contributed by atoms with van der Waals surface area (Å²) in [4.78, 5) is 0. The number of nitrogens with one attached hydrogen (secondary N) is 1. The van der Waals surface area contributed by atoms with E-state index in [2.05, 4.69) is 21.2 Å². The molecular weight excluding hydrogens is 249 g/mol. The molecule has 1 aromatic rings. The molecule has 0 bridgehead atoms. The SMILES string of the molecule is Oc1c(F)ccc(Br)c1C1CCCN1. The van der Waals surface area contributed by atoms with E-state index < -0.39 is 5.82 Å². The molecule has 0 saturated carbocycles. The van der Waals surface area contributed by atoms with Crippen LogP contribution in [-0.4, -0.2) is 11.7 Å². The molecule has 0 aromatic heterocycles. The van der Waals surface area contributed by atoms with Crippen molar-refractivity contribution in [2.75, 3.05) is 6.54 Å². The molecule has 1 aromatic carbocycles. The highest BCUT2D eigenvalue weighted by atomic mass is 79.9. The van der Waals surface area contributed by atoms with Gasteiger partial charge in [0.2, 0.25) is 0 Å². The van der Waals surface area contributed by atoms with Crippen LogP contribution in [0.2, 0.25) is 0 Å². The molecule has 0 aliphatic carbocycles. The highest BCUT2D eigenvalue weighted by molar-refractivity contribution is 9.10. The molecule has 0 radical (unpaired) electrons. The van der Waals surface area contributed by atoms with Crippen LogP contribution in [-0.2, 0) is 0 Å². The summed E-state index contributed by atoms with van der Waals surface area (Å²) in [6.07, 6.45) is 2.00. The normalized spacial score (nSPS) is 21.4. The van der Waals surface area contributed by atoms with Crippen LogP contribution in [0.5, 0.6) is 5.75 Å². The summed E-state index contributed by atoms with van der Waals surface area (Å²) in [6, 6.07) is 2.96. The Bertz CT molecular complexity index is 350. The molecule has 2 rings (SSSR count). The van der Waals surface area contributed by atoms with Gasteiger partial charge in [-0.1, -0.05) is 15.9 Å². The maximum Gasteiger partial charge on any atom is 0.165 e. The summed E-state index contributed by atoms with van der Waals surface area (Å²) in [5, 5.41) is 12.8. The lowest BCUT2D eigenvalue weighted by molar-refractivity contribution is 0.416. The van der Waals surface area contributed by atoms with Gasteiger partial charge in [-0.15, -0.1) is 0 Å². The Labute approximate surface area is 90.3 Å². The summed E-state index contributed by atoms with van der Waals surface area (Å²) in [6.45, 7) is 0.924. The lowest BCUT2D eigenvalue weighted by Gasteiger charge is -2.14. The monoisotopic (exact) mass is 259 g/mol. The van der Waals surface area contributed by atoms with Crippen LogP contribution in [0.15, 0.2) is 16.6 Å². The van der Waals surface area contributed by atoms with Crippen molar-refractivity contribution in [2.45, 2.75) is 18.9 Å². The van der Waals surface area contributed by atoms with Gasteiger partial charge in [-0.25, -0.2) is 4.39 Å².